The zero-order chi connectivity index (χ0) is 41.0. The number of benzene rings is 9. The number of hydrogen-bond donors (Lipinski definition) is 0. The Morgan fingerprint density at radius 2 is 0.839 bits per heavy atom. The molecule has 0 atom stereocenters. The van der Waals surface area contributed by atoms with Crippen LogP contribution in [0, 0.1) is 0 Å². The summed E-state index contributed by atoms with van der Waals surface area (Å²) in [5, 5.41) is 4.59. The van der Waals surface area contributed by atoms with Gasteiger partial charge in [0.25, 0.3) is 0 Å². The molecule has 0 aliphatic rings. The van der Waals surface area contributed by atoms with Crippen molar-refractivity contribution in [3.63, 3.8) is 0 Å². The van der Waals surface area contributed by atoms with E-state index in [1.807, 2.05) is 18.2 Å². The Kier molecular flexibility index (Phi) is 8.65. The van der Waals surface area contributed by atoms with E-state index >= 15 is 0 Å². The minimum absolute atomic E-state index is 0.622. The second-order valence-electron chi connectivity index (χ2n) is 15.5. The van der Waals surface area contributed by atoms with Crippen molar-refractivity contribution in [2.24, 2.45) is 0 Å². The quantitative estimate of drug-likeness (QED) is 0.161. The molecule has 0 radical (unpaired) electrons. The molecule has 9 aromatic carbocycles. The van der Waals surface area contributed by atoms with Gasteiger partial charge in [-0.15, -0.1) is 11.3 Å². The molecular weight excluding hydrogens is 775 g/mol. The van der Waals surface area contributed by atoms with Crippen molar-refractivity contribution >= 4 is 53.4 Å². The van der Waals surface area contributed by atoms with Gasteiger partial charge in [0, 0.05) is 53.2 Å². The van der Waals surface area contributed by atoms with Gasteiger partial charge < -0.3 is 4.42 Å². The molecule has 0 aliphatic heterocycles. The molecule has 0 spiro atoms. The van der Waals surface area contributed by atoms with Crippen LogP contribution >= 0.6 is 11.3 Å². The van der Waals surface area contributed by atoms with E-state index in [9.17, 15) is 0 Å². The molecule has 4 nitrogen and oxygen atoms in total. The lowest BCUT2D eigenvalue weighted by molar-refractivity contribution is 0.670. The van der Waals surface area contributed by atoms with Crippen LogP contribution in [0.25, 0.3) is 121 Å². The fourth-order valence-electron chi connectivity index (χ4n) is 8.85. The summed E-state index contributed by atoms with van der Waals surface area (Å²) in [7, 11) is 0. The lowest BCUT2D eigenvalue weighted by atomic mass is 9.95. The maximum atomic E-state index is 6.64. The topological polar surface area (TPSA) is 51.8 Å². The van der Waals surface area contributed by atoms with Crippen molar-refractivity contribution in [2.75, 3.05) is 0 Å². The van der Waals surface area contributed by atoms with E-state index in [1.165, 1.54) is 37.0 Å². The second kappa shape index (κ2) is 14.9. The summed E-state index contributed by atoms with van der Waals surface area (Å²) >= 11 is 1.80. The zero-order valence-electron chi connectivity index (χ0n) is 33.4. The molecule has 3 heterocycles. The average molecular weight is 810 g/mol. The molecule has 12 rings (SSSR count). The Morgan fingerprint density at radius 3 is 1.60 bits per heavy atom. The first-order chi connectivity index (χ1) is 30.7. The summed E-state index contributed by atoms with van der Waals surface area (Å²) in [6.45, 7) is 0. The molecule has 0 N–H and O–H groups in total. The fraction of sp³-hybridized carbons (Fsp3) is 0. The Hall–Kier alpha value is -7.99. The molecule has 12 aromatic rings. The highest BCUT2D eigenvalue weighted by molar-refractivity contribution is 7.26. The highest BCUT2D eigenvalue weighted by Crippen LogP contribution is 2.43. The van der Waals surface area contributed by atoms with Crippen LogP contribution < -0.4 is 0 Å². The summed E-state index contributed by atoms with van der Waals surface area (Å²) < 4.78 is 9.06. The van der Waals surface area contributed by atoms with E-state index in [1.54, 1.807) is 11.3 Å². The normalized spacial score (nSPS) is 11.5. The van der Waals surface area contributed by atoms with Crippen LogP contribution in [0.2, 0.25) is 0 Å². The van der Waals surface area contributed by atoms with Crippen molar-refractivity contribution in [1.29, 1.82) is 0 Å². The molecule has 0 fully saturated rings. The third-order valence-corrected chi connectivity index (χ3v) is 12.9. The molecule has 0 saturated heterocycles. The number of thiophene rings is 1. The Balaban J connectivity index is 0.977. The highest BCUT2D eigenvalue weighted by Gasteiger charge is 2.20. The van der Waals surface area contributed by atoms with E-state index in [-0.39, 0.29) is 0 Å². The Morgan fingerprint density at radius 1 is 0.306 bits per heavy atom. The van der Waals surface area contributed by atoms with E-state index < -0.39 is 0 Å². The van der Waals surface area contributed by atoms with Crippen LogP contribution in [0.1, 0.15) is 0 Å². The first-order valence-corrected chi connectivity index (χ1v) is 21.6. The van der Waals surface area contributed by atoms with Crippen LogP contribution in [0.4, 0.5) is 0 Å². The number of fused-ring (bicyclic) bond motifs is 6. The highest BCUT2D eigenvalue weighted by atomic mass is 32.1. The Bertz CT molecular complexity index is 3610. The fourth-order valence-corrected chi connectivity index (χ4v) is 9.96. The number of hydrogen-bond acceptors (Lipinski definition) is 5. The zero-order valence-corrected chi connectivity index (χ0v) is 34.2. The van der Waals surface area contributed by atoms with Gasteiger partial charge in [-0.3, -0.25) is 0 Å². The van der Waals surface area contributed by atoms with E-state index in [4.69, 9.17) is 19.4 Å². The Labute approximate surface area is 362 Å². The van der Waals surface area contributed by atoms with E-state index in [0.717, 1.165) is 66.3 Å². The van der Waals surface area contributed by atoms with Gasteiger partial charge in [-0.1, -0.05) is 188 Å². The molecule has 0 unspecified atom stereocenters. The number of rotatable bonds is 7. The van der Waals surface area contributed by atoms with Crippen molar-refractivity contribution in [2.45, 2.75) is 0 Å². The van der Waals surface area contributed by atoms with Gasteiger partial charge in [0.1, 0.15) is 11.2 Å². The SMILES string of the molecule is c1ccc(-c2ccc3sc4cccc(-c5nc(-c6ccccc6)nc(-c6ccccc6-c6ccc(-c7cccc8c7oc7cccc(-c9ccccc9)c78)cc6)n5)c4c3c2)cc1. The maximum Gasteiger partial charge on any atom is 0.164 e. The third kappa shape index (κ3) is 6.18. The van der Waals surface area contributed by atoms with Gasteiger partial charge in [0.15, 0.2) is 17.5 Å². The van der Waals surface area contributed by atoms with Gasteiger partial charge >= 0.3 is 0 Å². The van der Waals surface area contributed by atoms with Gasteiger partial charge in [-0.25, -0.2) is 15.0 Å². The third-order valence-electron chi connectivity index (χ3n) is 11.8. The first kappa shape index (κ1) is 35.9. The summed E-state index contributed by atoms with van der Waals surface area (Å²) in [6.07, 6.45) is 0. The number of para-hydroxylation sites is 1. The molecule has 0 aliphatic carbocycles. The summed E-state index contributed by atoms with van der Waals surface area (Å²) in [4.78, 5) is 15.7. The number of aromatic nitrogens is 3. The minimum atomic E-state index is 0.622. The monoisotopic (exact) mass is 809 g/mol. The molecule has 3 aromatic heterocycles. The first-order valence-electron chi connectivity index (χ1n) is 20.8. The second-order valence-corrected chi connectivity index (χ2v) is 16.6. The lowest BCUT2D eigenvalue weighted by Crippen LogP contribution is -2.01. The van der Waals surface area contributed by atoms with Crippen LogP contribution in [-0.2, 0) is 0 Å². The van der Waals surface area contributed by atoms with E-state index in [2.05, 4.69) is 194 Å². The van der Waals surface area contributed by atoms with Crippen LogP contribution in [0.15, 0.2) is 217 Å². The van der Waals surface area contributed by atoms with Crippen LogP contribution in [0.5, 0.6) is 0 Å². The molecular formula is C57H35N3OS. The molecule has 0 saturated carbocycles. The number of furan rings is 1. The lowest BCUT2D eigenvalue weighted by Gasteiger charge is -2.13. The molecule has 62 heavy (non-hydrogen) atoms. The smallest absolute Gasteiger partial charge is 0.164 e. The number of nitrogens with zero attached hydrogens (tertiary/aromatic N) is 3. The van der Waals surface area contributed by atoms with Crippen molar-refractivity contribution in [3.8, 4) is 78.7 Å². The summed E-state index contributed by atoms with van der Waals surface area (Å²) in [6, 6.07) is 74.4. The molecule has 5 heteroatoms. The molecule has 0 amide bonds. The van der Waals surface area contributed by atoms with Gasteiger partial charge in [-0.2, -0.15) is 0 Å². The standard InChI is InChI=1S/C57H35N3OS/c1-4-15-36(16-5-1)41-33-34-50-48(35-41)53-47(26-14-28-51(53)62-50)57-59-55(40-19-8-3-9-20-40)58-56(60-57)45-22-11-10-21-42(45)38-29-31-39(32-30-38)44-24-12-25-46-52-43(37-17-6-2-7-18-37)23-13-27-49(52)61-54(44)46/h1-35H. The predicted molar refractivity (Wildman–Crippen MR) is 258 cm³/mol. The maximum absolute atomic E-state index is 6.64. The van der Waals surface area contributed by atoms with Crippen molar-refractivity contribution < 1.29 is 4.42 Å². The van der Waals surface area contributed by atoms with Gasteiger partial charge in [0.05, 0.1) is 0 Å². The predicted octanol–water partition coefficient (Wildman–Crippen LogP) is 15.8. The average Bonchev–Trinajstić information content (AvgIpc) is 3.93. The van der Waals surface area contributed by atoms with Crippen LogP contribution in [-0.4, -0.2) is 15.0 Å². The largest absolute Gasteiger partial charge is 0.455 e. The minimum Gasteiger partial charge on any atom is -0.455 e. The molecule has 0 bridgehead atoms. The van der Waals surface area contributed by atoms with Crippen molar-refractivity contribution in [1.82, 2.24) is 15.0 Å². The summed E-state index contributed by atoms with van der Waals surface area (Å²) in [5.74, 6) is 1.90. The van der Waals surface area contributed by atoms with Crippen LogP contribution in [0.3, 0.4) is 0 Å². The summed E-state index contributed by atoms with van der Waals surface area (Å²) in [5.41, 5.74) is 13.6. The van der Waals surface area contributed by atoms with Gasteiger partial charge in [-0.05, 0) is 63.2 Å². The van der Waals surface area contributed by atoms with Gasteiger partial charge in [0.2, 0.25) is 0 Å². The van der Waals surface area contributed by atoms with E-state index in [0.29, 0.717) is 17.5 Å². The molecule has 290 valence electrons. The van der Waals surface area contributed by atoms with Crippen molar-refractivity contribution in [3.05, 3.63) is 212 Å².